The second kappa shape index (κ2) is 6.83. The Morgan fingerprint density at radius 1 is 1.48 bits per heavy atom. The summed E-state index contributed by atoms with van der Waals surface area (Å²) in [4.78, 5) is 10.1. The summed E-state index contributed by atoms with van der Waals surface area (Å²) in [5.74, 6) is 0. The monoisotopic (exact) mass is 317 g/mol. The number of anilines is 1. The van der Waals surface area contributed by atoms with Crippen LogP contribution in [0.2, 0.25) is 0 Å². The lowest BCUT2D eigenvalue weighted by Gasteiger charge is -2.20. The zero-order valence-electron chi connectivity index (χ0n) is 12.1. The number of likely N-dealkylation sites (N-methyl/N-ethyl adjacent to an activating group) is 1. The molecule has 1 aromatic rings. The standard InChI is InChI=1S/C12H19N3O5S/c1-4-13-11-7-10(15(17)18)5-6-12(11)21(19,20)14(3)8-9(2)16/h5-7,9,13,16H,4,8H2,1-3H3. The predicted molar refractivity (Wildman–Crippen MR) is 78.8 cm³/mol. The van der Waals surface area contributed by atoms with Gasteiger partial charge in [0.1, 0.15) is 4.90 Å². The van der Waals surface area contributed by atoms with Gasteiger partial charge in [0.25, 0.3) is 5.69 Å². The maximum absolute atomic E-state index is 12.4. The van der Waals surface area contributed by atoms with E-state index in [-0.39, 0.29) is 22.8 Å². The maximum Gasteiger partial charge on any atom is 0.271 e. The number of sulfonamides is 1. The molecule has 0 saturated heterocycles. The average molecular weight is 317 g/mol. The van der Waals surface area contributed by atoms with Crippen molar-refractivity contribution in [3.8, 4) is 0 Å². The highest BCUT2D eigenvalue weighted by Crippen LogP contribution is 2.28. The summed E-state index contributed by atoms with van der Waals surface area (Å²) in [6, 6.07) is 3.53. The van der Waals surface area contributed by atoms with E-state index in [1.165, 1.54) is 26.1 Å². The highest BCUT2D eigenvalue weighted by molar-refractivity contribution is 7.89. The lowest BCUT2D eigenvalue weighted by atomic mass is 10.3. The molecule has 1 unspecified atom stereocenters. The second-order valence-electron chi connectivity index (χ2n) is 4.60. The van der Waals surface area contributed by atoms with Crippen LogP contribution in [0.15, 0.2) is 23.1 Å². The van der Waals surface area contributed by atoms with Crippen LogP contribution in [-0.2, 0) is 10.0 Å². The van der Waals surface area contributed by atoms with Gasteiger partial charge in [0.15, 0.2) is 0 Å². The minimum Gasteiger partial charge on any atom is -0.392 e. The van der Waals surface area contributed by atoms with Crippen molar-refractivity contribution in [3.63, 3.8) is 0 Å². The van der Waals surface area contributed by atoms with Gasteiger partial charge in [-0.3, -0.25) is 10.1 Å². The third kappa shape index (κ3) is 4.13. The lowest BCUT2D eigenvalue weighted by Crippen LogP contribution is -2.33. The van der Waals surface area contributed by atoms with Gasteiger partial charge in [-0.05, 0) is 19.9 Å². The van der Waals surface area contributed by atoms with Crippen LogP contribution in [0.1, 0.15) is 13.8 Å². The highest BCUT2D eigenvalue weighted by atomic mass is 32.2. The number of non-ortho nitro benzene ring substituents is 1. The topological polar surface area (TPSA) is 113 Å². The molecule has 0 aliphatic carbocycles. The van der Waals surface area contributed by atoms with Crippen molar-refractivity contribution in [1.82, 2.24) is 4.31 Å². The van der Waals surface area contributed by atoms with Crippen LogP contribution in [0.25, 0.3) is 0 Å². The van der Waals surface area contributed by atoms with Gasteiger partial charge in [-0.15, -0.1) is 0 Å². The zero-order chi connectivity index (χ0) is 16.2. The van der Waals surface area contributed by atoms with E-state index in [0.29, 0.717) is 6.54 Å². The lowest BCUT2D eigenvalue weighted by molar-refractivity contribution is -0.384. The van der Waals surface area contributed by atoms with Crippen molar-refractivity contribution in [2.75, 3.05) is 25.5 Å². The highest BCUT2D eigenvalue weighted by Gasteiger charge is 2.26. The fourth-order valence-corrected chi connectivity index (χ4v) is 3.22. The van der Waals surface area contributed by atoms with Crippen LogP contribution in [-0.4, -0.2) is 49.0 Å². The molecule has 21 heavy (non-hydrogen) atoms. The molecule has 1 aromatic carbocycles. The Morgan fingerprint density at radius 3 is 2.57 bits per heavy atom. The van der Waals surface area contributed by atoms with E-state index >= 15 is 0 Å². The molecule has 0 aliphatic rings. The third-order valence-electron chi connectivity index (χ3n) is 2.75. The summed E-state index contributed by atoms with van der Waals surface area (Å²) in [7, 11) is -2.49. The van der Waals surface area contributed by atoms with E-state index in [4.69, 9.17) is 0 Å². The van der Waals surface area contributed by atoms with Crippen molar-refractivity contribution >= 4 is 21.4 Å². The maximum atomic E-state index is 12.4. The van der Waals surface area contributed by atoms with E-state index in [1.54, 1.807) is 6.92 Å². The SMILES string of the molecule is CCNc1cc([N+](=O)[O-])ccc1S(=O)(=O)N(C)CC(C)O. The Morgan fingerprint density at radius 2 is 2.10 bits per heavy atom. The first-order valence-corrected chi connectivity index (χ1v) is 7.80. The van der Waals surface area contributed by atoms with Crippen molar-refractivity contribution in [1.29, 1.82) is 0 Å². The van der Waals surface area contributed by atoms with Gasteiger partial charge in [0, 0.05) is 32.3 Å². The van der Waals surface area contributed by atoms with E-state index in [9.17, 15) is 23.6 Å². The molecule has 0 bridgehead atoms. The summed E-state index contributed by atoms with van der Waals surface area (Å²) in [5.41, 5.74) is -0.0211. The van der Waals surface area contributed by atoms with Crippen molar-refractivity contribution in [2.24, 2.45) is 0 Å². The van der Waals surface area contributed by atoms with Crippen molar-refractivity contribution in [2.45, 2.75) is 24.8 Å². The average Bonchev–Trinajstić information content (AvgIpc) is 2.37. The normalized spacial score (nSPS) is 13.2. The Balaban J connectivity index is 3.30. The molecule has 0 fully saturated rings. The van der Waals surface area contributed by atoms with Crippen LogP contribution >= 0.6 is 0 Å². The number of rotatable bonds is 7. The first-order valence-electron chi connectivity index (χ1n) is 6.36. The number of nitrogens with zero attached hydrogens (tertiary/aromatic N) is 2. The van der Waals surface area contributed by atoms with Gasteiger partial charge < -0.3 is 10.4 Å². The van der Waals surface area contributed by atoms with E-state index in [1.807, 2.05) is 0 Å². The van der Waals surface area contributed by atoms with E-state index in [2.05, 4.69) is 5.32 Å². The van der Waals surface area contributed by atoms with Gasteiger partial charge in [0.05, 0.1) is 16.7 Å². The molecule has 0 aliphatic heterocycles. The van der Waals surface area contributed by atoms with Gasteiger partial charge in [0.2, 0.25) is 10.0 Å². The predicted octanol–water partition coefficient (Wildman–Crippen LogP) is 1.03. The molecule has 0 saturated carbocycles. The molecular formula is C12H19N3O5S. The molecule has 1 rings (SSSR count). The molecule has 0 aromatic heterocycles. The Kier molecular flexibility index (Phi) is 5.64. The Bertz CT molecular complexity index is 615. The van der Waals surface area contributed by atoms with Crippen molar-refractivity contribution in [3.05, 3.63) is 28.3 Å². The zero-order valence-corrected chi connectivity index (χ0v) is 12.9. The number of nitrogens with one attached hydrogen (secondary N) is 1. The van der Waals surface area contributed by atoms with Crippen LogP contribution < -0.4 is 5.32 Å². The molecule has 0 radical (unpaired) electrons. The smallest absolute Gasteiger partial charge is 0.271 e. The van der Waals surface area contributed by atoms with Gasteiger partial charge in [-0.25, -0.2) is 8.42 Å². The van der Waals surface area contributed by atoms with Crippen LogP contribution in [0.3, 0.4) is 0 Å². The first-order chi connectivity index (χ1) is 9.70. The minimum absolute atomic E-state index is 0.0573. The summed E-state index contributed by atoms with van der Waals surface area (Å²) < 4.78 is 25.9. The fourth-order valence-electron chi connectivity index (χ4n) is 1.82. The Hall–Kier alpha value is -1.71. The number of nitro benzene ring substituents is 1. The summed E-state index contributed by atoms with van der Waals surface area (Å²) in [6.07, 6.45) is -0.814. The third-order valence-corrected chi connectivity index (χ3v) is 4.63. The molecule has 9 heteroatoms. The Labute approximate surface area is 123 Å². The minimum atomic E-state index is -3.84. The quantitative estimate of drug-likeness (QED) is 0.573. The van der Waals surface area contributed by atoms with Crippen LogP contribution in [0, 0.1) is 10.1 Å². The summed E-state index contributed by atoms with van der Waals surface area (Å²) >= 11 is 0. The second-order valence-corrected chi connectivity index (χ2v) is 6.62. The fraction of sp³-hybridized carbons (Fsp3) is 0.500. The number of hydrogen-bond acceptors (Lipinski definition) is 6. The van der Waals surface area contributed by atoms with Crippen LogP contribution in [0.5, 0.6) is 0 Å². The molecule has 0 spiro atoms. The number of aliphatic hydroxyl groups excluding tert-OH is 1. The molecule has 118 valence electrons. The van der Waals surface area contributed by atoms with Crippen LogP contribution in [0.4, 0.5) is 11.4 Å². The molecule has 2 N–H and O–H groups in total. The van der Waals surface area contributed by atoms with Gasteiger partial charge in [-0.1, -0.05) is 0 Å². The number of aliphatic hydroxyl groups is 1. The summed E-state index contributed by atoms with van der Waals surface area (Å²) in [5, 5.41) is 22.9. The number of benzene rings is 1. The first kappa shape index (κ1) is 17.3. The largest absolute Gasteiger partial charge is 0.392 e. The number of hydrogen-bond donors (Lipinski definition) is 2. The van der Waals surface area contributed by atoms with Gasteiger partial charge >= 0.3 is 0 Å². The van der Waals surface area contributed by atoms with Crippen molar-refractivity contribution < 1.29 is 18.4 Å². The number of nitro groups is 1. The molecule has 1 atom stereocenters. The summed E-state index contributed by atoms with van der Waals surface area (Å²) in [6.45, 7) is 3.59. The molecular weight excluding hydrogens is 298 g/mol. The van der Waals surface area contributed by atoms with E-state index in [0.717, 1.165) is 10.4 Å². The van der Waals surface area contributed by atoms with E-state index < -0.39 is 21.1 Å². The molecule has 0 heterocycles. The molecule has 0 amide bonds. The van der Waals surface area contributed by atoms with Gasteiger partial charge in [-0.2, -0.15) is 4.31 Å². The molecule has 8 nitrogen and oxygen atoms in total.